The SMILES string of the molecule is Cc1ccc(CNC(=O)CSCC(=O)Nc2ccccc2)cc1. The van der Waals surface area contributed by atoms with Gasteiger partial charge in [0.15, 0.2) is 0 Å². The molecule has 23 heavy (non-hydrogen) atoms. The number of carbonyl (C=O) groups excluding carboxylic acids is 2. The number of anilines is 1. The summed E-state index contributed by atoms with van der Waals surface area (Å²) in [5.74, 6) is 0.358. The third kappa shape index (κ3) is 6.57. The van der Waals surface area contributed by atoms with Crippen LogP contribution in [0, 0.1) is 6.92 Å². The first-order chi connectivity index (χ1) is 11.1. The van der Waals surface area contributed by atoms with Gasteiger partial charge in [0.2, 0.25) is 11.8 Å². The van der Waals surface area contributed by atoms with Crippen LogP contribution in [-0.2, 0) is 16.1 Å². The van der Waals surface area contributed by atoms with E-state index in [1.807, 2.05) is 61.5 Å². The Kier molecular flexibility index (Phi) is 6.69. The Labute approximate surface area is 140 Å². The maximum absolute atomic E-state index is 11.8. The highest BCUT2D eigenvalue weighted by Crippen LogP contribution is 2.07. The molecule has 0 aliphatic carbocycles. The van der Waals surface area contributed by atoms with Crippen LogP contribution < -0.4 is 10.6 Å². The molecule has 4 nitrogen and oxygen atoms in total. The number of aryl methyl sites for hydroxylation is 1. The normalized spacial score (nSPS) is 10.1. The molecule has 2 amide bonds. The van der Waals surface area contributed by atoms with Gasteiger partial charge in [-0.05, 0) is 24.6 Å². The van der Waals surface area contributed by atoms with E-state index in [2.05, 4.69) is 10.6 Å². The maximum Gasteiger partial charge on any atom is 0.234 e. The van der Waals surface area contributed by atoms with Crippen molar-refractivity contribution in [3.05, 3.63) is 65.7 Å². The Balaban J connectivity index is 1.62. The number of benzene rings is 2. The van der Waals surface area contributed by atoms with Gasteiger partial charge in [0.25, 0.3) is 0 Å². The topological polar surface area (TPSA) is 58.2 Å². The minimum absolute atomic E-state index is 0.0666. The average Bonchev–Trinajstić information content (AvgIpc) is 2.55. The molecule has 0 spiro atoms. The van der Waals surface area contributed by atoms with E-state index in [0.29, 0.717) is 6.54 Å². The molecule has 2 aromatic carbocycles. The van der Waals surface area contributed by atoms with Crippen molar-refractivity contribution >= 4 is 29.3 Å². The molecule has 0 unspecified atom stereocenters. The second-order valence-corrected chi connectivity index (χ2v) is 6.15. The molecule has 0 saturated carbocycles. The highest BCUT2D eigenvalue weighted by molar-refractivity contribution is 8.00. The zero-order valence-electron chi connectivity index (χ0n) is 13.0. The summed E-state index contributed by atoms with van der Waals surface area (Å²) in [6.07, 6.45) is 0. The predicted molar refractivity (Wildman–Crippen MR) is 95.4 cm³/mol. The van der Waals surface area contributed by atoms with Gasteiger partial charge >= 0.3 is 0 Å². The number of amides is 2. The third-order valence-electron chi connectivity index (χ3n) is 3.13. The summed E-state index contributed by atoms with van der Waals surface area (Å²) in [6, 6.07) is 17.3. The fourth-order valence-electron chi connectivity index (χ4n) is 1.91. The van der Waals surface area contributed by atoms with Crippen molar-refractivity contribution in [1.29, 1.82) is 0 Å². The van der Waals surface area contributed by atoms with Crippen LogP contribution in [-0.4, -0.2) is 23.3 Å². The fourth-order valence-corrected chi connectivity index (χ4v) is 2.56. The zero-order chi connectivity index (χ0) is 16.5. The largest absolute Gasteiger partial charge is 0.351 e. The van der Waals surface area contributed by atoms with E-state index in [1.54, 1.807) is 0 Å². The molecule has 0 fully saturated rings. The van der Waals surface area contributed by atoms with Gasteiger partial charge in [-0.2, -0.15) is 0 Å². The number of rotatable bonds is 7. The van der Waals surface area contributed by atoms with Crippen LogP contribution in [0.3, 0.4) is 0 Å². The first-order valence-corrected chi connectivity index (χ1v) is 8.54. The van der Waals surface area contributed by atoms with Crippen LogP contribution in [0.5, 0.6) is 0 Å². The van der Waals surface area contributed by atoms with Crippen molar-refractivity contribution in [3.63, 3.8) is 0 Å². The highest BCUT2D eigenvalue weighted by atomic mass is 32.2. The maximum atomic E-state index is 11.8. The Morgan fingerprint density at radius 1 is 0.913 bits per heavy atom. The van der Waals surface area contributed by atoms with Gasteiger partial charge in [0.05, 0.1) is 11.5 Å². The Bertz CT molecular complexity index is 642. The van der Waals surface area contributed by atoms with Crippen molar-refractivity contribution in [3.8, 4) is 0 Å². The van der Waals surface area contributed by atoms with Gasteiger partial charge in [0.1, 0.15) is 0 Å². The lowest BCUT2D eigenvalue weighted by Crippen LogP contribution is -2.25. The summed E-state index contributed by atoms with van der Waals surface area (Å²) in [4.78, 5) is 23.5. The van der Waals surface area contributed by atoms with Gasteiger partial charge in [-0.3, -0.25) is 9.59 Å². The van der Waals surface area contributed by atoms with Crippen LogP contribution >= 0.6 is 11.8 Å². The molecule has 0 aliphatic heterocycles. The van der Waals surface area contributed by atoms with E-state index in [-0.39, 0.29) is 23.3 Å². The molecule has 0 saturated heterocycles. The number of thioether (sulfide) groups is 1. The van der Waals surface area contributed by atoms with Gasteiger partial charge in [-0.25, -0.2) is 0 Å². The summed E-state index contributed by atoms with van der Waals surface area (Å²) in [5, 5.41) is 5.64. The number of para-hydroxylation sites is 1. The molecular formula is C18H20N2O2S. The van der Waals surface area contributed by atoms with E-state index in [1.165, 1.54) is 17.3 Å². The Morgan fingerprint density at radius 3 is 2.26 bits per heavy atom. The number of nitrogens with one attached hydrogen (secondary N) is 2. The van der Waals surface area contributed by atoms with Crippen molar-refractivity contribution in [2.75, 3.05) is 16.8 Å². The van der Waals surface area contributed by atoms with E-state index < -0.39 is 0 Å². The molecule has 5 heteroatoms. The Hall–Kier alpha value is -2.27. The predicted octanol–water partition coefficient (Wildman–Crippen LogP) is 2.98. The van der Waals surface area contributed by atoms with Crippen molar-refractivity contribution in [2.24, 2.45) is 0 Å². The van der Waals surface area contributed by atoms with Crippen LogP contribution in [0.15, 0.2) is 54.6 Å². The number of hydrogen-bond acceptors (Lipinski definition) is 3. The van der Waals surface area contributed by atoms with Gasteiger partial charge in [0, 0.05) is 12.2 Å². The molecule has 0 bridgehead atoms. The molecule has 0 radical (unpaired) electrons. The van der Waals surface area contributed by atoms with Crippen molar-refractivity contribution < 1.29 is 9.59 Å². The monoisotopic (exact) mass is 328 g/mol. The van der Waals surface area contributed by atoms with E-state index >= 15 is 0 Å². The Morgan fingerprint density at radius 2 is 1.57 bits per heavy atom. The second kappa shape index (κ2) is 9.00. The molecule has 2 rings (SSSR count). The minimum Gasteiger partial charge on any atom is -0.351 e. The summed E-state index contributed by atoms with van der Waals surface area (Å²) >= 11 is 1.30. The smallest absolute Gasteiger partial charge is 0.234 e. The minimum atomic E-state index is -0.104. The van der Waals surface area contributed by atoms with Crippen LogP contribution in [0.1, 0.15) is 11.1 Å². The molecule has 0 aliphatic rings. The molecule has 0 atom stereocenters. The summed E-state index contributed by atoms with van der Waals surface area (Å²) in [7, 11) is 0. The standard InChI is InChI=1S/C18H20N2O2S/c1-14-7-9-15(10-8-14)11-19-17(21)12-23-13-18(22)20-16-5-3-2-4-6-16/h2-10H,11-13H2,1H3,(H,19,21)(H,20,22). The summed E-state index contributed by atoms with van der Waals surface area (Å²) < 4.78 is 0. The molecule has 2 aromatic rings. The molecule has 2 N–H and O–H groups in total. The number of hydrogen-bond donors (Lipinski definition) is 2. The lowest BCUT2D eigenvalue weighted by atomic mass is 10.1. The zero-order valence-corrected chi connectivity index (χ0v) is 13.9. The van der Waals surface area contributed by atoms with Gasteiger partial charge < -0.3 is 10.6 Å². The van der Waals surface area contributed by atoms with Crippen LogP contribution in [0.25, 0.3) is 0 Å². The molecule has 0 heterocycles. The van der Waals surface area contributed by atoms with Crippen LogP contribution in [0.2, 0.25) is 0 Å². The van der Waals surface area contributed by atoms with E-state index in [0.717, 1.165) is 11.3 Å². The van der Waals surface area contributed by atoms with E-state index in [9.17, 15) is 9.59 Å². The fraction of sp³-hybridized carbons (Fsp3) is 0.222. The lowest BCUT2D eigenvalue weighted by molar-refractivity contribution is -0.118. The van der Waals surface area contributed by atoms with Crippen molar-refractivity contribution in [2.45, 2.75) is 13.5 Å². The molecule has 120 valence electrons. The van der Waals surface area contributed by atoms with Gasteiger partial charge in [-0.15, -0.1) is 11.8 Å². The van der Waals surface area contributed by atoms with Crippen LogP contribution in [0.4, 0.5) is 5.69 Å². The summed E-state index contributed by atoms with van der Waals surface area (Å²) in [6.45, 7) is 2.54. The first-order valence-electron chi connectivity index (χ1n) is 7.38. The number of carbonyl (C=O) groups is 2. The van der Waals surface area contributed by atoms with Crippen molar-refractivity contribution in [1.82, 2.24) is 5.32 Å². The van der Waals surface area contributed by atoms with Gasteiger partial charge in [-0.1, -0.05) is 48.0 Å². The third-order valence-corrected chi connectivity index (χ3v) is 4.07. The quantitative estimate of drug-likeness (QED) is 0.821. The highest BCUT2D eigenvalue weighted by Gasteiger charge is 2.06. The molecular weight excluding hydrogens is 308 g/mol. The first kappa shape index (κ1) is 17.1. The summed E-state index contributed by atoms with van der Waals surface area (Å²) in [5.41, 5.74) is 3.03. The second-order valence-electron chi connectivity index (χ2n) is 5.17. The lowest BCUT2D eigenvalue weighted by Gasteiger charge is -2.06. The molecule has 0 aromatic heterocycles. The average molecular weight is 328 g/mol. The van der Waals surface area contributed by atoms with E-state index in [4.69, 9.17) is 0 Å².